The highest BCUT2D eigenvalue weighted by atomic mass is 16.4. The summed E-state index contributed by atoms with van der Waals surface area (Å²) in [6.07, 6.45) is -0.458. The number of nitrogens with two attached hydrogens (primary N) is 2. The molecule has 1 amide bonds. The third kappa shape index (κ3) is 2.81. The third-order valence-corrected chi connectivity index (χ3v) is 1.97. The third-order valence-electron chi connectivity index (χ3n) is 1.97. The summed E-state index contributed by atoms with van der Waals surface area (Å²) >= 11 is 0. The van der Waals surface area contributed by atoms with E-state index in [1.807, 2.05) is 0 Å². The van der Waals surface area contributed by atoms with Crippen molar-refractivity contribution >= 4 is 17.7 Å². The Morgan fingerprint density at radius 3 is 2.14 bits per heavy atom. The lowest BCUT2D eigenvalue weighted by molar-refractivity contribution is -0.148. The molecule has 0 unspecified atom stereocenters. The molecular weight excluding hydrogens is 188 g/mol. The van der Waals surface area contributed by atoms with Gasteiger partial charge in [0.05, 0.1) is 0 Å². The number of ketones is 1. The summed E-state index contributed by atoms with van der Waals surface area (Å²) in [5.41, 5.74) is 8.25. The molecule has 0 fully saturated rings. The van der Waals surface area contributed by atoms with Gasteiger partial charge in [0, 0.05) is 12.8 Å². The molecule has 0 aliphatic carbocycles. The van der Waals surface area contributed by atoms with Gasteiger partial charge in [-0.3, -0.25) is 9.59 Å². The summed E-state index contributed by atoms with van der Waals surface area (Å²) in [5, 5.41) is 8.75. The summed E-state index contributed by atoms with van der Waals surface area (Å²) in [6.45, 7) is 1.51. The van der Waals surface area contributed by atoms with E-state index in [1.165, 1.54) is 6.92 Å². The first kappa shape index (κ1) is 12.6. The molecule has 0 bridgehead atoms. The van der Waals surface area contributed by atoms with Crippen molar-refractivity contribution in [3.8, 4) is 0 Å². The lowest BCUT2D eigenvalue weighted by Crippen LogP contribution is -2.55. The Balaban J connectivity index is 4.64. The van der Waals surface area contributed by atoms with Crippen molar-refractivity contribution in [3.63, 3.8) is 0 Å². The normalized spacial score (nSPS) is 14.4. The standard InChI is InChI=1S/C8H14N2O4/c1-2-5(11)8(10,7(13)14)4-3-6(9)12/h2-4,10H2,1H3,(H2,9,12)(H,13,14)/t8-/m1/s1. The average molecular weight is 202 g/mol. The van der Waals surface area contributed by atoms with E-state index in [9.17, 15) is 14.4 Å². The van der Waals surface area contributed by atoms with E-state index in [1.54, 1.807) is 0 Å². The number of rotatable bonds is 6. The van der Waals surface area contributed by atoms with Crippen molar-refractivity contribution in [1.82, 2.24) is 0 Å². The highest BCUT2D eigenvalue weighted by Crippen LogP contribution is 2.13. The molecule has 0 spiro atoms. The molecule has 0 rings (SSSR count). The highest BCUT2D eigenvalue weighted by Gasteiger charge is 2.40. The van der Waals surface area contributed by atoms with Crippen LogP contribution in [-0.4, -0.2) is 28.3 Å². The molecule has 0 aliphatic rings. The molecule has 5 N–H and O–H groups in total. The van der Waals surface area contributed by atoms with Crippen LogP contribution in [0.5, 0.6) is 0 Å². The summed E-state index contributed by atoms with van der Waals surface area (Å²) in [5.74, 6) is -2.71. The van der Waals surface area contributed by atoms with E-state index < -0.39 is 23.2 Å². The van der Waals surface area contributed by atoms with Gasteiger partial charge in [-0.1, -0.05) is 6.92 Å². The van der Waals surface area contributed by atoms with Crippen LogP contribution in [0.15, 0.2) is 0 Å². The number of amides is 1. The molecule has 6 nitrogen and oxygen atoms in total. The molecule has 1 atom stereocenters. The Bertz CT molecular complexity index is 264. The minimum absolute atomic E-state index is 0.0154. The lowest BCUT2D eigenvalue weighted by atomic mass is 9.88. The van der Waals surface area contributed by atoms with Crippen molar-refractivity contribution < 1.29 is 19.5 Å². The molecule has 80 valence electrons. The number of primary amides is 1. The Morgan fingerprint density at radius 1 is 1.36 bits per heavy atom. The second-order valence-corrected chi connectivity index (χ2v) is 3.02. The number of carbonyl (C=O) groups excluding carboxylic acids is 2. The van der Waals surface area contributed by atoms with Crippen molar-refractivity contribution in [2.75, 3.05) is 0 Å². The molecule has 0 aromatic carbocycles. The van der Waals surface area contributed by atoms with Crippen LogP contribution in [0.2, 0.25) is 0 Å². The van der Waals surface area contributed by atoms with E-state index >= 15 is 0 Å². The van der Waals surface area contributed by atoms with Crippen LogP contribution in [0.25, 0.3) is 0 Å². The van der Waals surface area contributed by atoms with Crippen LogP contribution >= 0.6 is 0 Å². The highest BCUT2D eigenvalue weighted by molar-refractivity contribution is 6.07. The summed E-state index contributed by atoms with van der Waals surface area (Å²) < 4.78 is 0. The van der Waals surface area contributed by atoms with Crippen LogP contribution in [0.4, 0.5) is 0 Å². The molecule has 14 heavy (non-hydrogen) atoms. The first-order valence-electron chi connectivity index (χ1n) is 4.18. The molecule has 0 aliphatic heterocycles. The van der Waals surface area contributed by atoms with Gasteiger partial charge in [-0.15, -0.1) is 0 Å². The number of hydrogen-bond donors (Lipinski definition) is 3. The van der Waals surface area contributed by atoms with Crippen molar-refractivity contribution in [2.24, 2.45) is 11.5 Å². The Labute approximate surface area is 81.3 Å². The lowest BCUT2D eigenvalue weighted by Gasteiger charge is -2.21. The predicted octanol–water partition coefficient (Wildman–Crippen LogP) is -0.987. The maximum absolute atomic E-state index is 11.2. The van der Waals surface area contributed by atoms with Gasteiger partial charge in [0.1, 0.15) is 0 Å². The maximum atomic E-state index is 11.2. The minimum Gasteiger partial charge on any atom is -0.480 e. The zero-order valence-electron chi connectivity index (χ0n) is 7.95. The van der Waals surface area contributed by atoms with Crippen LogP contribution in [-0.2, 0) is 14.4 Å². The largest absolute Gasteiger partial charge is 0.480 e. The van der Waals surface area contributed by atoms with Crippen molar-refractivity contribution in [1.29, 1.82) is 0 Å². The number of hydrogen-bond acceptors (Lipinski definition) is 4. The molecular formula is C8H14N2O4. The number of aliphatic carboxylic acids is 1. The van der Waals surface area contributed by atoms with Crippen LogP contribution < -0.4 is 11.5 Å². The predicted molar refractivity (Wildman–Crippen MR) is 48.3 cm³/mol. The molecule has 0 aromatic rings. The molecule has 0 radical (unpaired) electrons. The number of carbonyl (C=O) groups is 3. The van der Waals surface area contributed by atoms with E-state index in [2.05, 4.69) is 0 Å². The van der Waals surface area contributed by atoms with E-state index in [0.717, 1.165) is 0 Å². The minimum atomic E-state index is -1.98. The SMILES string of the molecule is CCC(=O)[C@](N)(CCC(N)=O)C(=O)O. The Morgan fingerprint density at radius 2 is 1.86 bits per heavy atom. The summed E-state index contributed by atoms with van der Waals surface area (Å²) in [7, 11) is 0. The second-order valence-electron chi connectivity index (χ2n) is 3.02. The number of Topliss-reactive ketones (excluding diaryl/α,β-unsaturated/α-hetero) is 1. The van der Waals surface area contributed by atoms with Gasteiger partial charge in [-0.25, -0.2) is 4.79 Å². The molecule has 6 heteroatoms. The fourth-order valence-corrected chi connectivity index (χ4v) is 1.00. The second kappa shape index (κ2) is 4.71. The van der Waals surface area contributed by atoms with Crippen LogP contribution in [0, 0.1) is 0 Å². The van der Waals surface area contributed by atoms with E-state index in [0.29, 0.717) is 0 Å². The number of carboxylic acid groups (broad SMARTS) is 1. The average Bonchev–Trinajstić information content (AvgIpc) is 2.12. The summed E-state index contributed by atoms with van der Waals surface area (Å²) in [6, 6.07) is 0. The van der Waals surface area contributed by atoms with E-state index in [-0.39, 0.29) is 19.3 Å². The van der Waals surface area contributed by atoms with Gasteiger partial charge < -0.3 is 16.6 Å². The van der Waals surface area contributed by atoms with Crippen LogP contribution in [0.1, 0.15) is 26.2 Å². The number of carboxylic acids is 1. The zero-order valence-corrected chi connectivity index (χ0v) is 7.95. The Hall–Kier alpha value is -1.43. The maximum Gasteiger partial charge on any atom is 0.331 e. The van der Waals surface area contributed by atoms with Gasteiger partial charge in [-0.2, -0.15) is 0 Å². The summed E-state index contributed by atoms with van der Waals surface area (Å²) in [4.78, 5) is 32.4. The van der Waals surface area contributed by atoms with E-state index in [4.69, 9.17) is 16.6 Å². The van der Waals surface area contributed by atoms with Gasteiger partial charge in [0.25, 0.3) is 0 Å². The monoisotopic (exact) mass is 202 g/mol. The quantitative estimate of drug-likeness (QED) is 0.477. The fraction of sp³-hybridized carbons (Fsp3) is 0.625. The fourth-order valence-electron chi connectivity index (χ4n) is 1.00. The van der Waals surface area contributed by atoms with Gasteiger partial charge in [0.15, 0.2) is 11.3 Å². The van der Waals surface area contributed by atoms with Gasteiger partial charge in [-0.05, 0) is 6.42 Å². The molecule has 0 heterocycles. The van der Waals surface area contributed by atoms with Crippen molar-refractivity contribution in [2.45, 2.75) is 31.7 Å². The van der Waals surface area contributed by atoms with Crippen LogP contribution in [0.3, 0.4) is 0 Å². The first-order chi connectivity index (χ1) is 6.34. The molecule has 0 saturated carbocycles. The first-order valence-corrected chi connectivity index (χ1v) is 4.18. The topological polar surface area (TPSA) is 123 Å². The molecule has 0 saturated heterocycles. The smallest absolute Gasteiger partial charge is 0.331 e. The molecule has 0 aromatic heterocycles. The van der Waals surface area contributed by atoms with Gasteiger partial charge >= 0.3 is 5.97 Å². The van der Waals surface area contributed by atoms with Gasteiger partial charge in [0.2, 0.25) is 5.91 Å². The Kier molecular flexibility index (Phi) is 4.23. The zero-order chi connectivity index (χ0) is 11.4. The van der Waals surface area contributed by atoms with Crippen molar-refractivity contribution in [3.05, 3.63) is 0 Å².